The van der Waals surface area contributed by atoms with Crippen molar-refractivity contribution < 1.29 is 9.90 Å². The van der Waals surface area contributed by atoms with Crippen LogP contribution in [0, 0.1) is 13.8 Å². The van der Waals surface area contributed by atoms with Gasteiger partial charge in [-0.1, -0.05) is 19.9 Å². The second kappa shape index (κ2) is 10.3. The predicted octanol–water partition coefficient (Wildman–Crippen LogP) is 5.13. The lowest BCUT2D eigenvalue weighted by Crippen LogP contribution is -2.46. The zero-order valence-electron chi connectivity index (χ0n) is 22.2. The highest BCUT2D eigenvalue weighted by Crippen LogP contribution is 2.38. The van der Waals surface area contributed by atoms with Gasteiger partial charge in [-0.25, -0.2) is 0 Å². The van der Waals surface area contributed by atoms with E-state index in [0.717, 1.165) is 37.3 Å². The highest BCUT2D eigenvalue weighted by Gasteiger charge is 2.27. The third-order valence-electron chi connectivity index (χ3n) is 8.05. The monoisotopic (exact) mass is 488 g/mol. The standard InChI is InChI=1S/C30H40N4O2/c1-19(2)29-26-17-23(5-6-27(26)32-30(29)24-15-20(3)31-21(4)16-24)22-7-11-33(12-8-22)18-28(36)34-13-9-25(35)10-14-34/h5-6,15-17,19,22,25,32,35H,7-14,18H2,1-4H3. The number of hydrogen-bond acceptors (Lipinski definition) is 4. The van der Waals surface area contributed by atoms with Gasteiger partial charge < -0.3 is 15.0 Å². The van der Waals surface area contributed by atoms with Gasteiger partial charge in [0.25, 0.3) is 0 Å². The number of aromatic nitrogens is 2. The molecule has 6 nitrogen and oxygen atoms in total. The number of rotatable bonds is 5. The molecule has 0 aliphatic carbocycles. The van der Waals surface area contributed by atoms with Crippen LogP contribution in [0.2, 0.25) is 0 Å². The summed E-state index contributed by atoms with van der Waals surface area (Å²) >= 11 is 0. The number of aromatic amines is 1. The number of piperidine rings is 2. The normalized spacial score (nSPS) is 18.4. The summed E-state index contributed by atoms with van der Waals surface area (Å²) in [5, 5.41) is 11.0. The number of nitrogens with one attached hydrogen (secondary N) is 1. The molecule has 0 spiro atoms. The van der Waals surface area contributed by atoms with Crippen LogP contribution in [0.5, 0.6) is 0 Å². The first-order chi connectivity index (χ1) is 17.3. The van der Waals surface area contributed by atoms with Crippen molar-refractivity contribution in [3.8, 4) is 11.3 Å². The van der Waals surface area contributed by atoms with Gasteiger partial charge in [0.1, 0.15) is 0 Å². The zero-order chi connectivity index (χ0) is 25.4. The number of aryl methyl sites for hydroxylation is 2. The lowest BCUT2D eigenvalue weighted by atomic mass is 9.87. The maximum atomic E-state index is 12.7. The molecule has 0 radical (unpaired) electrons. The Hall–Kier alpha value is -2.70. The Balaban J connectivity index is 1.31. The van der Waals surface area contributed by atoms with Crippen molar-refractivity contribution in [2.75, 3.05) is 32.7 Å². The highest BCUT2D eigenvalue weighted by atomic mass is 16.3. The lowest BCUT2D eigenvalue weighted by molar-refractivity contribution is -0.134. The van der Waals surface area contributed by atoms with Crippen molar-refractivity contribution in [1.82, 2.24) is 19.8 Å². The van der Waals surface area contributed by atoms with Gasteiger partial charge in [-0.2, -0.15) is 0 Å². The third-order valence-corrected chi connectivity index (χ3v) is 8.05. The molecule has 2 aromatic heterocycles. The van der Waals surface area contributed by atoms with Gasteiger partial charge in [-0.05, 0) is 99.8 Å². The Bertz CT molecular complexity index is 1210. The van der Waals surface area contributed by atoms with Crippen LogP contribution in [0.15, 0.2) is 30.3 Å². The SMILES string of the molecule is Cc1cc(-c2[nH]c3ccc(C4CCN(CC(=O)N5CCC(O)CC5)CC4)cc3c2C(C)C)cc(C)n1. The number of aliphatic hydroxyl groups is 1. The molecule has 2 aliphatic heterocycles. The molecule has 0 unspecified atom stereocenters. The summed E-state index contributed by atoms with van der Waals surface area (Å²) < 4.78 is 0. The van der Waals surface area contributed by atoms with Crippen LogP contribution in [0.1, 0.15) is 73.9 Å². The van der Waals surface area contributed by atoms with Crippen molar-refractivity contribution in [1.29, 1.82) is 0 Å². The van der Waals surface area contributed by atoms with Crippen LogP contribution in [0.4, 0.5) is 0 Å². The Kier molecular flexibility index (Phi) is 7.18. The quantitative estimate of drug-likeness (QED) is 0.522. The minimum absolute atomic E-state index is 0.213. The molecule has 0 atom stereocenters. The molecule has 2 fully saturated rings. The van der Waals surface area contributed by atoms with E-state index in [9.17, 15) is 9.90 Å². The largest absolute Gasteiger partial charge is 0.393 e. The van der Waals surface area contributed by atoms with E-state index in [2.05, 4.69) is 72.9 Å². The number of pyridine rings is 1. The fraction of sp³-hybridized carbons (Fsp3) is 0.533. The number of amides is 1. The van der Waals surface area contributed by atoms with E-state index < -0.39 is 0 Å². The van der Waals surface area contributed by atoms with E-state index >= 15 is 0 Å². The van der Waals surface area contributed by atoms with Gasteiger partial charge >= 0.3 is 0 Å². The van der Waals surface area contributed by atoms with E-state index in [1.165, 1.54) is 33.3 Å². The van der Waals surface area contributed by atoms with Gasteiger partial charge in [-0.3, -0.25) is 14.7 Å². The molecule has 5 rings (SSSR count). The molecule has 192 valence electrons. The van der Waals surface area contributed by atoms with Crippen LogP contribution in [-0.4, -0.2) is 69.6 Å². The Labute approximate surface area is 214 Å². The van der Waals surface area contributed by atoms with Crippen molar-refractivity contribution in [3.05, 3.63) is 52.8 Å². The first-order valence-corrected chi connectivity index (χ1v) is 13.6. The van der Waals surface area contributed by atoms with Gasteiger partial charge in [0.2, 0.25) is 5.91 Å². The Morgan fingerprint density at radius 3 is 2.33 bits per heavy atom. The second-order valence-electron chi connectivity index (χ2n) is 11.2. The van der Waals surface area contributed by atoms with Crippen molar-refractivity contribution in [3.63, 3.8) is 0 Å². The maximum absolute atomic E-state index is 12.7. The van der Waals surface area contributed by atoms with Crippen molar-refractivity contribution in [2.24, 2.45) is 0 Å². The molecular weight excluding hydrogens is 448 g/mol. The minimum Gasteiger partial charge on any atom is -0.393 e. The molecule has 1 aromatic carbocycles. The number of H-pyrrole nitrogens is 1. The molecule has 2 N–H and O–H groups in total. The summed E-state index contributed by atoms with van der Waals surface area (Å²) in [4.78, 5) is 25.2. The number of likely N-dealkylation sites (tertiary alicyclic amines) is 2. The molecule has 0 bridgehead atoms. The van der Waals surface area contributed by atoms with Gasteiger partial charge in [0.15, 0.2) is 0 Å². The summed E-state index contributed by atoms with van der Waals surface area (Å²) in [7, 11) is 0. The van der Waals surface area contributed by atoms with Crippen LogP contribution in [0.25, 0.3) is 22.2 Å². The van der Waals surface area contributed by atoms with Gasteiger partial charge in [0.05, 0.1) is 18.3 Å². The number of carbonyl (C=O) groups is 1. The number of hydrogen-bond donors (Lipinski definition) is 2. The molecular formula is C30H40N4O2. The van der Waals surface area contributed by atoms with Crippen LogP contribution in [-0.2, 0) is 4.79 Å². The summed E-state index contributed by atoms with van der Waals surface area (Å²) in [6.45, 7) is 12.5. The van der Waals surface area contributed by atoms with E-state index in [1.807, 2.05) is 4.90 Å². The minimum atomic E-state index is -0.243. The van der Waals surface area contributed by atoms with E-state index in [0.29, 0.717) is 44.3 Å². The molecule has 2 aliphatic rings. The number of carbonyl (C=O) groups excluding carboxylic acids is 1. The maximum Gasteiger partial charge on any atom is 0.236 e. The smallest absolute Gasteiger partial charge is 0.236 e. The summed E-state index contributed by atoms with van der Waals surface area (Å²) in [5.41, 5.74) is 8.50. The number of nitrogens with zero attached hydrogens (tertiary/aromatic N) is 3. The van der Waals surface area contributed by atoms with Gasteiger partial charge in [0, 0.05) is 40.9 Å². The predicted molar refractivity (Wildman–Crippen MR) is 145 cm³/mol. The van der Waals surface area contributed by atoms with E-state index in [1.54, 1.807) is 0 Å². The first-order valence-electron chi connectivity index (χ1n) is 13.6. The number of benzene rings is 1. The van der Waals surface area contributed by atoms with Gasteiger partial charge in [-0.15, -0.1) is 0 Å². The fourth-order valence-corrected chi connectivity index (χ4v) is 6.12. The molecule has 2 saturated heterocycles. The van der Waals surface area contributed by atoms with E-state index in [-0.39, 0.29) is 12.0 Å². The highest BCUT2D eigenvalue weighted by molar-refractivity contribution is 5.92. The summed E-state index contributed by atoms with van der Waals surface area (Å²) in [5.74, 6) is 1.14. The molecule has 3 aromatic rings. The average Bonchev–Trinajstić information content (AvgIpc) is 3.23. The molecule has 0 saturated carbocycles. The topological polar surface area (TPSA) is 72.5 Å². The van der Waals surface area contributed by atoms with Crippen molar-refractivity contribution >= 4 is 16.8 Å². The fourth-order valence-electron chi connectivity index (χ4n) is 6.12. The molecule has 6 heteroatoms. The zero-order valence-corrected chi connectivity index (χ0v) is 22.2. The first kappa shape index (κ1) is 25.0. The molecule has 4 heterocycles. The van der Waals surface area contributed by atoms with Crippen LogP contribution in [0.3, 0.4) is 0 Å². The van der Waals surface area contributed by atoms with Crippen molar-refractivity contribution in [2.45, 2.75) is 71.3 Å². The summed E-state index contributed by atoms with van der Waals surface area (Å²) in [6, 6.07) is 11.3. The number of fused-ring (bicyclic) bond motifs is 1. The van der Waals surface area contributed by atoms with Crippen LogP contribution >= 0.6 is 0 Å². The molecule has 36 heavy (non-hydrogen) atoms. The third kappa shape index (κ3) is 5.21. The Morgan fingerprint density at radius 1 is 1.03 bits per heavy atom. The average molecular weight is 489 g/mol. The second-order valence-corrected chi connectivity index (χ2v) is 11.2. The Morgan fingerprint density at radius 2 is 1.69 bits per heavy atom. The summed E-state index contributed by atoms with van der Waals surface area (Å²) in [6.07, 6.45) is 3.32. The lowest BCUT2D eigenvalue weighted by Gasteiger charge is -2.35. The number of aliphatic hydroxyl groups excluding tert-OH is 1. The van der Waals surface area contributed by atoms with Crippen LogP contribution < -0.4 is 0 Å². The van der Waals surface area contributed by atoms with E-state index in [4.69, 9.17) is 0 Å². The molecule has 1 amide bonds.